The number of piperazine rings is 1. The fourth-order valence-electron chi connectivity index (χ4n) is 2.87. The van der Waals surface area contributed by atoms with Gasteiger partial charge in [0.1, 0.15) is 5.82 Å². The molecule has 3 rings (SSSR count). The van der Waals surface area contributed by atoms with E-state index in [4.69, 9.17) is 11.6 Å². The van der Waals surface area contributed by atoms with Crippen molar-refractivity contribution in [2.45, 2.75) is 11.3 Å². The minimum absolute atomic E-state index is 0.127. The zero-order valence-corrected chi connectivity index (χ0v) is 15.4. The van der Waals surface area contributed by atoms with Gasteiger partial charge in [-0.25, -0.2) is 4.39 Å². The van der Waals surface area contributed by atoms with Crippen LogP contribution in [-0.2, 0) is 4.79 Å². The third-order valence-corrected chi connectivity index (χ3v) is 5.61. The van der Waals surface area contributed by atoms with Crippen LogP contribution in [0.2, 0.25) is 5.02 Å². The van der Waals surface area contributed by atoms with Gasteiger partial charge in [0, 0.05) is 43.2 Å². The Kier molecular flexibility index (Phi) is 6.21. The minimum Gasteiger partial charge on any atom is -0.367 e. The molecular weight excluding hydrogens is 359 g/mol. The molecule has 1 amide bonds. The Balaban J connectivity index is 1.46. The number of amides is 1. The molecule has 0 unspecified atom stereocenters. The van der Waals surface area contributed by atoms with E-state index in [0.717, 1.165) is 23.8 Å². The predicted molar refractivity (Wildman–Crippen MR) is 102 cm³/mol. The summed E-state index contributed by atoms with van der Waals surface area (Å²) in [5.41, 5.74) is 1.02. The summed E-state index contributed by atoms with van der Waals surface area (Å²) in [6.45, 7) is 2.93. The van der Waals surface area contributed by atoms with Crippen molar-refractivity contribution < 1.29 is 9.18 Å². The summed E-state index contributed by atoms with van der Waals surface area (Å²) in [4.78, 5) is 17.0. The number of nitrogens with zero attached hydrogens (tertiary/aromatic N) is 2. The predicted octanol–water partition coefficient (Wildman–Crippen LogP) is 4.31. The van der Waals surface area contributed by atoms with Crippen LogP contribution in [0.3, 0.4) is 0 Å². The second-order valence-electron chi connectivity index (χ2n) is 5.85. The minimum atomic E-state index is -0.228. The average molecular weight is 379 g/mol. The molecule has 1 fully saturated rings. The van der Waals surface area contributed by atoms with E-state index in [2.05, 4.69) is 4.90 Å². The third-order valence-electron chi connectivity index (χ3n) is 4.24. The van der Waals surface area contributed by atoms with Gasteiger partial charge in [0.2, 0.25) is 5.91 Å². The molecule has 1 aliphatic heterocycles. The Morgan fingerprint density at radius 3 is 2.44 bits per heavy atom. The van der Waals surface area contributed by atoms with E-state index in [1.165, 1.54) is 17.8 Å². The highest BCUT2D eigenvalue weighted by Crippen LogP contribution is 2.26. The van der Waals surface area contributed by atoms with Crippen LogP contribution < -0.4 is 4.90 Å². The lowest BCUT2D eigenvalue weighted by molar-refractivity contribution is -0.131. The molecule has 1 heterocycles. The quantitative estimate of drug-likeness (QED) is 0.724. The number of rotatable bonds is 5. The molecule has 0 aliphatic carbocycles. The van der Waals surface area contributed by atoms with Crippen LogP contribution in [0.4, 0.5) is 10.1 Å². The summed E-state index contributed by atoms with van der Waals surface area (Å²) < 4.78 is 13.6. The molecule has 0 radical (unpaired) electrons. The lowest BCUT2D eigenvalue weighted by Gasteiger charge is -2.36. The Bertz CT molecular complexity index is 735. The van der Waals surface area contributed by atoms with E-state index in [9.17, 15) is 9.18 Å². The summed E-state index contributed by atoms with van der Waals surface area (Å²) in [5, 5.41) is 0.739. The largest absolute Gasteiger partial charge is 0.367 e. The molecular formula is C19H20ClFN2OS. The van der Waals surface area contributed by atoms with Gasteiger partial charge in [0.15, 0.2) is 0 Å². The number of anilines is 1. The van der Waals surface area contributed by atoms with Crippen LogP contribution in [0.15, 0.2) is 53.4 Å². The van der Waals surface area contributed by atoms with Crippen LogP contribution in [0.1, 0.15) is 6.42 Å². The maximum Gasteiger partial charge on any atom is 0.223 e. The third kappa shape index (κ3) is 4.67. The second-order valence-corrected chi connectivity index (χ2v) is 7.39. The molecule has 0 bridgehead atoms. The number of carbonyl (C=O) groups excluding carboxylic acids is 1. The van der Waals surface area contributed by atoms with Crippen LogP contribution in [-0.4, -0.2) is 42.7 Å². The van der Waals surface area contributed by atoms with Crippen molar-refractivity contribution in [3.8, 4) is 0 Å². The molecule has 0 aromatic heterocycles. The van der Waals surface area contributed by atoms with Crippen molar-refractivity contribution in [2.75, 3.05) is 36.8 Å². The van der Waals surface area contributed by atoms with Gasteiger partial charge in [-0.05, 0) is 24.3 Å². The van der Waals surface area contributed by atoms with E-state index in [1.54, 1.807) is 18.2 Å². The number of benzene rings is 2. The first kappa shape index (κ1) is 18.1. The first-order valence-corrected chi connectivity index (χ1v) is 9.66. The summed E-state index contributed by atoms with van der Waals surface area (Å²) in [6, 6.07) is 14.4. The number of para-hydroxylation sites is 1. The summed E-state index contributed by atoms with van der Waals surface area (Å²) in [7, 11) is 0. The molecule has 132 valence electrons. The molecule has 0 saturated carbocycles. The zero-order valence-electron chi connectivity index (χ0n) is 13.8. The number of thioether (sulfide) groups is 1. The van der Waals surface area contributed by atoms with E-state index in [0.29, 0.717) is 30.2 Å². The SMILES string of the molecule is O=C(CCSc1ccccc1F)N1CCN(c2ccccc2Cl)CC1. The lowest BCUT2D eigenvalue weighted by atomic mass is 10.2. The summed E-state index contributed by atoms with van der Waals surface area (Å²) in [6.07, 6.45) is 0.422. The summed E-state index contributed by atoms with van der Waals surface area (Å²) in [5.74, 6) is 0.487. The molecule has 6 heteroatoms. The first-order valence-electron chi connectivity index (χ1n) is 8.30. The maximum atomic E-state index is 13.6. The normalized spacial score (nSPS) is 14.6. The fourth-order valence-corrected chi connectivity index (χ4v) is 4.01. The van der Waals surface area contributed by atoms with E-state index < -0.39 is 0 Å². The highest BCUT2D eigenvalue weighted by Gasteiger charge is 2.22. The standard InChI is InChI=1S/C19H20ClFN2OS/c20-15-5-1-3-7-17(15)22-10-12-23(13-11-22)19(24)9-14-25-18-8-4-2-6-16(18)21/h1-8H,9-14H2. The average Bonchev–Trinajstić information content (AvgIpc) is 2.64. The van der Waals surface area contributed by atoms with Crippen LogP contribution in [0.5, 0.6) is 0 Å². The van der Waals surface area contributed by atoms with Crippen molar-refractivity contribution in [2.24, 2.45) is 0 Å². The zero-order chi connectivity index (χ0) is 17.6. The Morgan fingerprint density at radius 2 is 1.72 bits per heavy atom. The molecule has 1 saturated heterocycles. The van der Waals surface area contributed by atoms with E-state index >= 15 is 0 Å². The number of carbonyl (C=O) groups is 1. The first-order chi connectivity index (χ1) is 12.1. The molecule has 1 aliphatic rings. The molecule has 0 spiro atoms. The van der Waals surface area contributed by atoms with Gasteiger partial charge in [-0.15, -0.1) is 11.8 Å². The van der Waals surface area contributed by atoms with E-state index in [-0.39, 0.29) is 11.7 Å². The molecule has 0 atom stereocenters. The van der Waals surface area contributed by atoms with Gasteiger partial charge < -0.3 is 9.80 Å². The highest BCUT2D eigenvalue weighted by molar-refractivity contribution is 7.99. The Labute approximate surface area is 156 Å². The van der Waals surface area contributed by atoms with Crippen LogP contribution in [0, 0.1) is 5.82 Å². The van der Waals surface area contributed by atoms with Crippen molar-refractivity contribution in [1.82, 2.24) is 4.90 Å². The summed E-state index contributed by atoms with van der Waals surface area (Å²) >= 11 is 7.63. The lowest BCUT2D eigenvalue weighted by Crippen LogP contribution is -2.49. The smallest absolute Gasteiger partial charge is 0.223 e. The van der Waals surface area contributed by atoms with Crippen molar-refractivity contribution >= 4 is 35.0 Å². The molecule has 0 N–H and O–H groups in total. The van der Waals surface area contributed by atoms with Gasteiger partial charge in [0.25, 0.3) is 0 Å². The Morgan fingerprint density at radius 1 is 1.04 bits per heavy atom. The van der Waals surface area contributed by atoms with Crippen molar-refractivity contribution in [3.63, 3.8) is 0 Å². The van der Waals surface area contributed by atoms with Gasteiger partial charge in [-0.3, -0.25) is 4.79 Å². The van der Waals surface area contributed by atoms with Crippen molar-refractivity contribution in [3.05, 3.63) is 59.4 Å². The van der Waals surface area contributed by atoms with Crippen LogP contribution >= 0.6 is 23.4 Å². The number of hydrogen-bond acceptors (Lipinski definition) is 3. The number of halogens is 2. The maximum absolute atomic E-state index is 13.6. The highest BCUT2D eigenvalue weighted by atomic mass is 35.5. The molecule has 3 nitrogen and oxygen atoms in total. The van der Waals surface area contributed by atoms with Gasteiger partial charge in [-0.1, -0.05) is 35.9 Å². The number of hydrogen-bond donors (Lipinski definition) is 0. The van der Waals surface area contributed by atoms with Crippen molar-refractivity contribution in [1.29, 1.82) is 0 Å². The van der Waals surface area contributed by atoms with E-state index in [1.807, 2.05) is 29.2 Å². The van der Waals surface area contributed by atoms with Gasteiger partial charge in [0.05, 0.1) is 10.7 Å². The topological polar surface area (TPSA) is 23.6 Å². The second kappa shape index (κ2) is 8.59. The van der Waals surface area contributed by atoms with Crippen LogP contribution in [0.25, 0.3) is 0 Å². The monoisotopic (exact) mass is 378 g/mol. The Hall–Kier alpha value is -1.72. The molecule has 2 aromatic rings. The molecule has 2 aromatic carbocycles. The molecule has 25 heavy (non-hydrogen) atoms. The van der Waals surface area contributed by atoms with Gasteiger partial charge in [-0.2, -0.15) is 0 Å². The van der Waals surface area contributed by atoms with Gasteiger partial charge >= 0.3 is 0 Å². The fraction of sp³-hybridized carbons (Fsp3) is 0.316.